The third-order valence-corrected chi connectivity index (χ3v) is 0.491. The maximum absolute atomic E-state index is 8.01. The summed E-state index contributed by atoms with van der Waals surface area (Å²) in [5, 5.41) is 8.01. The zero-order valence-corrected chi connectivity index (χ0v) is 7.50. The molecule has 1 rings (SSSR count). The molecule has 0 bridgehead atoms. The molecule has 0 amide bonds. The van der Waals surface area contributed by atoms with Crippen LogP contribution in [0.1, 0.15) is 5.76 Å². The van der Waals surface area contributed by atoms with Crippen LogP contribution in [0.4, 0.5) is 0 Å². The van der Waals surface area contributed by atoms with Gasteiger partial charge in [0.25, 0.3) is 0 Å². The van der Waals surface area contributed by atoms with Crippen molar-refractivity contribution < 1.29 is 55.8 Å². The monoisotopic (exact) mass is 132 g/mol. The van der Waals surface area contributed by atoms with Crippen molar-refractivity contribution in [3.63, 3.8) is 0 Å². The van der Waals surface area contributed by atoms with Crippen LogP contribution in [0.25, 0.3) is 0 Å². The molecule has 1 aromatic rings. The third kappa shape index (κ3) is 2.07. The van der Waals surface area contributed by atoms with E-state index in [1.807, 2.05) is 0 Å². The standard InChI is InChI=1S/C4HN2O.K/c5-1-4-2-6-3-7-4;/h3H;/q-1;+1. The summed E-state index contributed by atoms with van der Waals surface area (Å²) in [5.74, 6) is 0.125. The van der Waals surface area contributed by atoms with E-state index >= 15 is 0 Å². The molecule has 1 heterocycles. The number of rotatable bonds is 0. The number of hydrogen-bond donors (Lipinski definition) is 0. The molecule has 0 aliphatic heterocycles. The van der Waals surface area contributed by atoms with Gasteiger partial charge >= 0.3 is 51.4 Å². The fourth-order valence-corrected chi connectivity index (χ4v) is 0.242. The second-order valence-electron chi connectivity index (χ2n) is 0.905. The minimum atomic E-state index is 0. The van der Waals surface area contributed by atoms with E-state index in [4.69, 9.17) is 5.26 Å². The quantitative estimate of drug-likeness (QED) is 0.286. The summed E-state index contributed by atoms with van der Waals surface area (Å²) in [6.45, 7) is 0. The first-order valence-electron chi connectivity index (χ1n) is 1.65. The predicted molar refractivity (Wildman–Crippen MR) is 20.1 cm³/mol. The molecule has 0 spiro atoms. The maximum Gasteiger partial charge on any atom is 1.00 e. The molecule has 0 N–H and O–H groups in total. The summed E-state index contributed by atoms with van der Waals surface area (Å²) in [6.07, 6.45) is 3.47. The van der Waals surface area contributed by atoms with Crippen LogP contribution in [0.2, 0.25) is 0 Å². The number of aromatic nitrogens is 1. The average molecular weight is 132 g/mol. The van der Waals surface area contributed by atoms with E-state index in [-0.39, 0.29) is 57.1 Å². The van der Waals surface area contributed by atoms with Crippen LogP contribution < -0.4 is 51.4 Å². The van der Waals surface area contributed by atoms with Gasteiger partial charge in [0, 0.05) is 0 Å². The smallest absolute Gasteiger partial charge is 0.518 e. The molecular weight excluding hydrogens is 131 g/mol. The Hall–Kier alpha value is 0.336. The Morgan fingerprint density at radius 1 is 1.88 bits per heavy atom. The fourth-order valence-electron chi connectivity index (χ4n) is 0.242. The average Bonchev–Trinajstić information content (AvgIpc) is 2.14. The van der Waals surface area contributed by atoms with Crippen molar-refractivity contribution >= 4 is 0 Å². The maximum atomic E-state index is 8.01. The Bertz CT molecular complexity index is 176. The van der Waals surface area contributed by atoms with Crippen molar-refractivity contribution in [2.45, 2.75) is 0 Å². The normalized spacial score (nSPS) is 6.88. The van der Waals surface area contributed by atoms with E-state index in [1.54, 1.807) is 6.07 Å². The zero-order chi connectivity index (χ0) is 5.11. The SMILES string of the molecule is N#Cc1[c-]nco1.[K+]. The van der Waals surface area contributed by atoms with Crippen molar-refractivity contribution in [1.29, 1.82) is 5.26 Å². The van der Waals surface area contributed by atoms with Crippen LogP contribution in [-0.2, 0) is 0 Å². The summed E-state index contributed by atoms with van der Waals surface area (Å²) in [4.78, 5) is 3.38. The first-order chi connectivity index (χ1) is 3.43. The minimum absolute atomic E-state index is 0. The first kappa shape index (κ1) is 8.34. The van der Waals surface area contributed by atoms with Gasteiger partial charge in [-0.25, -0.2) is 0 Å². The van der Waals surface area contributed by atoms with Crippen molar-refractivity contribution in [1.82, 2.24) is 4.98 Å². The molecule has 0 aliphatic carbocycles. The number of hydrogen-bond acceptors (Lipinski definition) is 3. The minimum Gasteiger partial charge on any atom is -0.518 e. The molecule has 1 aromatic heterocycles. The van der Waals surface area contributed by atoms with Crippen molar-refractivity contribution in [2.24, 2.45) is 0 Å². The zero-order valence-electron chi connectivity index (χ0n) is 4.38. The van der Waals surface area contributed by atoms with Crippen LogP contribution in [0.3, 0.4) is 0 Å². The molecule has 0 fully saturated rings. The number of nitriles is 1. The van der Waals surface area contributed by atoms with Gasteiger partial charge in [-0.1, -0.05) is 0 Å². The van der Waals surface area contributed by atoms with Gasteiger partial charge in [-0.15, -0.1) is 0 Å². The second-order valence-corrected chi connectivity index (χ2v) is 0.905. The van der Waals surface area contributed by atoms with Crippen LogP contribution in [0, 0.1) is 17.5 Å². The molecule has 0 aromatic carbocycles. The molecule has 0 saturated heterocycles. The Kier molecular flexibility index (Phi) is 4.42. The van der Waals surface area contributed by atoms with E-state index in [0.29, 0.717) is 0 Å². The van der Waals surface area contributed by atoms with E-state index < -0.39 is 0 Å². The van der Waals surface area contributed by atoms with Crippen molar-refractivity contribution in [3.8, 4) is 6.07 Å². The third-order valence-electron chi connectivity index (χ3n) is 0.491. The van der Waals surface area contributed by atoms with E-state index in [0.717, 1.165) is 0 Å². The van der Waals surface area contributed by atoms with Crippen LogP contribution >= 0.6 is 0 Å². The molecule has 34 valence electrons. The Morgan fingerprint density at radius 2 is 2.62 bits per heavy atom. The van der Waals surface area contributed by atoms with Crippen molar-refractivity contribution in [2.75, 3.05) is 0 Å². The molecule has 8 heavy (non-hydrogen) atoms. The van der Waals surface area contributed by atoms with Crippen molar-refractivity contribution in [3.05, 3.63) is 18.4 Å². The van der Waals surface area contributed by atoms with Gasteiger partial charge in [-0.2, -0.15) is 0 Å². The van der Waals surface area contributed by atoms with Gasteiger partial charge in [0.1, 0.15) is 0 Å². The van der Waals surface area contributed by atoms with E-state index in [1.165, 1.54) is 6.39 Å². The van der Waals surface area contributed by atoms with Crippen LogP contribution in [0.15, 0.2) is 10.8 Å². The number of oxazole rings is 1. The summed E-state index contributed by atoms with van der Waals surface area (Å²) in [6, 6.07) is 1.72. The molecule has 3 nitrogen and oxygen atoms in total. The fraction of sp³-hybridized carbons (Fsp3) is 0. The van der Waals surface area contributed by atoms with Gasteiger partial charge in [-0.3, -0.25) is 5.26 Å². The molecule has 4 heteroatoms. The second kappa shape index (κ2) is 4.24. The molecule has 0 radical (unpaired) electrons. The van der Waals surface area contributed by atoms with Gasteiger partial charge in [0.15, 0.2) is 0 Å². The molecule has 0 saturated carbocycles. The van der Waals surface area contributed by atoms with Gasteiger partial charge < -0.3 is 9.40 Å². The molecule has 0 unspecified atom stereocenters. The van der Waals surface area contributed by atoms with Gasteiger partial charge in [0.2, 0.25) is 0 Å². The Balaban J connectivity index is 0.000000490. The van der Waals surface area contributed by atoms with Gasteiger partial charge in [-0.05, 0) is 12.3 Å². The van der Waals surface area contributed by atoms with E-state index in [2.05, 4.69) is 15.6 Å². The van der Waals surface area contributed by atoms with Crippen LogP contribution in [0.5, 0.6) is 0 Å². The van der Waals surface area contributed by atoms with Crippen LogP contribution in [-0.4, -0.2) is 4.98 Å². The van der Waals surface area contributed by atoms with E-state index in [9.17, 15) is 0 Å². The summed E-state index contributed by atoms with van der Waals surface area (Å²) in [5.41, 5.74) is 0. The topological polar surface area (TPSA) is 49.8 Å². The molecule has 0 atom stereocenters. The summed E-state index contributed by atoms with van der Waals surface area (Å²) in [7, 11) is 0. The summed E-state index contributed by atoms with van der Waals surface area (Å²) < 4.78 is 4.45. The first-order valence-corrected chi connectivity index (χ1v) is 1.65. The number of nitrogens with zero attached hydrogens (tertiary/aromatic N) is 2. The Morgan fingerprint density at radius 3 is 2.88 bits per heavy atom. The predicted octanol–water partition coefficient (Wildman–Crippen LogP) is -2.65. The molecular formula is C4HKN2O. The Labute approximate surface area is 89.1 Å². The van der Waals surface area contributed by atoms with Gasteiger partial charge in [0.05, 0.1) is 12.2 Å². The summed E-state index contributed by atoms with van der Waals surface area (Å²) >= 11 is 0. The molecule has 0 aliphatic rings. The largest absolute Gasteiger partial charge is 1.00 e.